The van der Waals surface area contributed by atoms with Gasteiger partial charge in [0.05, 0.1) is 18.7 Å². The first-order valence-corrected chi connectivity index (χ1v) is 3.76. The third-order valence-corrected chi connectivity index (χ3v) is 1.61. The Morgan fingerprint density at radius 2 is 2.07 bits per heavy atom. The lowest BCUT2D eigenvalue weighted by Gasteiger charge is -2.10. The van der Waals surface area contributed by atoms with E-state index in [1.54, 1.807) is 0 Å². The zero-order valence-corrected chi connectivity index (χ0v) is 7.47. The molecule has 0 radical (unpaired) electrons. The lowest BCUT2D eigenvalue weighted by molar-refractivity contribution is -0.280. The molecule has 1 aromatic rings. The summed E-state index contributed by atoms with van der Waals surface area (Å²) in [6, 6.07) is 7.75. The first kappa shape index (κ1) is 10.2. The highest BCUT2D eigenvalue weighted by Crippen LogP contribution is 2.05. The van der Waals surface area contributed by atoms with Crippen LogP contribution in [0.2, 0.25) is 0 Å². The number of hydrogen-bond donors (Lipinski definition) is 1. The molecule has 5 heteroatoms. The standard InChI is InChI=1S/C9H8N2O3/c1-14-11(13)9(12)8-4-2-7(6-10)3-5-8/h2-5,13H,1H3. The van der Waals surface area contributed by atoms with Gasteiger partial charge in [-0.25, -0.2) is 4.84 Å². The summed E-state index contributed by atoms with van der Waals surface area (Å²) in [4.78, 5) is 15.5. The summed E-state index contributed by atoms with van der Waals surface area (Å²) in [5.41, 5.74) is 0.691. The van der Waals surface area contributed by atoms with Crippen molar-refractivity contribution in [2.45, 2.75) is 0 Å². The Bertz CT molecular complexity index is 367. The quantitative estimate of drug-likeness (QED) is 0.559. The van der Waals surface area contributed by atoms with E-state index in [2.05, 4.69) is 4.84 Å². The van der Waals surface area contributed by atoms with E-state index in [0.717, 1.165) is 0 Å². The molecule has 0 heterocycles. The fourth-order valence-corrected chi connectivity index (χ4v) is 0.881. The van der Waals surface area contributed by atoms with Gasteiger partial charge in [0.15, 0.2) is 0 Å². The van der Waals surface area contributed by atoms with Gasteiger partial charge in [0.1, 0.15) is 0 Å². The molecule has 0 spiro atoms. The van der Waals surface area contributed by atoms with Crippen LogP contribution in [-0.2, 0) is 4.84 Å². The first-order chi connectivity index (χ1) is 6.69. The molecule has 5 nitrogen and oxygen atoms in total. The van der Waals surface area contributed by atoms with Crippen molar-refractivity contribution >= 4 is 5.91 Å². The minimum atomic E-state index is -0.683. The van der Waals surface area contributed by atoms with Gasteiger partial charge in [0.25, 0.3) is 0 Å². The molecule has 0 aliphatic heterocycles. The molecule has 0 bridgehead atoms. The van der Waals surface area contributed by atoms with Crippen LogP contribution < -0.4 is 0 Å². The van der Waals surface area contributed by atoms with E-state index >= 15 is 0 Å². The second-order valence-electron chi connectivity index (χ2n) is 2.45. The van der Waals surface area contributed by atoms with Crippen LogP contribution in [0.5, 0.6) is 0 Å². The second kappa shape index (κ2) is 4.37. The van der Waals surface area contributed by atoms with Gasteiger partial charge in [-0.1, -0.05) is 5.23 Å². The topological polar surface area (TPSA) is 73.6 Å². The van der Waals surface area contributed by atoms with E-state index in [0.29, 0.717) is 5.56 Å². The maximum absolute atomic E-state index is 11.2. The van der Waals surface area contributed by atoms with E-state index in [9.17, 15) is 4.79 Å². The Morgan fingerprint density at radius 1 is 1.50 bits per heavy atom. The summed E-state index contributed by atoms with van der Waals surface area (Å²) < 4.78 is 0. The minimum absolute atomic E-state index is 0.126. The molecule has 0 aliphatic rings. The number of rotatable bonds is 2. The largest absolute Gasteiger partial charge is 0.303 e. The highest BCUT2D eigenvalue weighted by Gasteiger charge is 2.12. The van der Waals surface area contributed by atoms with Gasteiger partial charge in [-0.2, -0.15) is 5.26 Å². The van der Waals surface area contributed by atoms with Gasteiger partial charge in [-0.15, -0.1) is 0 Å². The van der Waals surface area contributed by atoms with Crippen LogP contribution in [0.15, 0.2) is 24.3 Å². The SMILES string of the molecule is CON(O)C(=O)c1ccc(C#N)cc1. The van der Waals surface area contributed by atoms with Crippen molar-refractivity contribution in [3.05, 3.63) is 35.4 Å². The lowest BCUT2D eigenvalue weighted by atomic mass is 10.1. The van der Waals surface area contributed by atoms with Crippen molar-refractivity contribution in [1.82, 2.24) is 5.23 Å². The van der Waals surface area contributed by atoms with Crippen molar-refractivity contribution in [3.63, 3.8) is 0 Å². The molecular formula is C9H8N2O3. The number of nitrogens with zero attached hydrogens (tertiary/aromatic N) is 2. The molecule has 72 valence electrons. The number of hydrogen-bond acceptors (Lipinski definition) is 4. The van der Waals surface area contributed by atoms with Gasteiger partial charge in [0.2, 0.25) is 0 Å². The molecular weight excluding hydrogens is 184 g/mol. The summed E-state index contributed by atoms with van der Waals surface area (Å²) in [5, 5.41) is 17.5. The number of hydroxylamine groups is 2. The van der Waals surface area contributed by atoms with Crippen LogP contribution in [0.3, 0.4) is 0 Å². The summed E-state index contributed by atoms with van der Waals surface area (Å²) in [6.07, 6.45) is 0. The summed E-state index contributed by atoms with van der Waals surface area (Å²) in [6.45, 7) is 0. The molecule has 0 aromatic heterocycles. The molecule has 14 heavy (non-hydrogen) atoms. The molecule has 0 saturated heterocycles. The molecule has 0 atom stereocenters. The average Bonchev–Trinajstić information content (AvgIpc) is 2.27. The van der Waals surface area contributed by atoms with Gasteiger partial charge in [0, 0.05) is 5.56 Å². The molecule has 1 rings (SSSR count). The van der Waals surface area contributed by atoms with Crippen molar-refractivity contribution in [3.8, 4) is 6.07 Å². The first-order valence-electron chi connectivity index (χ1n) is 3.76. The van der Waals surface area contributed by atoms with E-state index in [4.69, 9.17) is 10.5 Å². The van der Waals surface area contributed by atoms with Crippen LogP contribution in [-0.4, -0.2) is 23.5 Å². The van der Waals surface area contributed by atoms with E-state index < -0.39 is 5.91 Å². The fourth-order valence-electron chi connectivity index (χ4n) is 0.881. The molecule has 1 amide bonds. The van der Waals surface area contributed by atoms with Crippen LogP contribution in [0.25, 0.3) is 0 Å². The molecule has 1 N–H and O–H groups in total. The Labute approximate surface area is 80.7 Å². The van der Waals surface area contributed by atoms with Crippen LogP contribution in [0.4, 0.5) is 0 Å². The Kier molecular flexibility index (Phi) is 3.18. The number of carbonyl (C=O) groups excluding carboxylic acids is 1. The van der Waals surface area contributed by atoms with E-state index in [-0.39, 0.29) is 10.8 Å². The smallest absolute Gasteiger partial charge is 0.264 e. The summed E-state index contributed by atoms with van der Waals surface area (Å²) in [5.74, 6) is -0.683. The number of benzene rings is 1. The third kappa shape index (κ3) is 2.07. The third-order valence-electron chi connectivity index (χ3n) is 1.61. The highest BCUT2D eigenvalue weighted by molar-refractivity contribution is 5.92. The van der Waals surface area contributed by atoms with Gasteiger partial charge in [-0.3, -0.25) is 10.0 Å². The highest BCUT2D eigenvalue weighted by atomic mass is 16.9. The lowest BCUT2D eigenvalue weighted by Crippen LogP contribution is -2.25. The maximum atomic E-state index is 11.2. The van der Waals surface area contributed by atoms with Crippen molar-refractivity contribution < 1.29 is 14.8 Å². The molecule has 1 aromatic carbocycles. The summed E-state index contributed by atoms with van der Waals surface area (Å²) >= 11 is 0. The van der Waals surface area contributed by atoms with E-state index in [1.807, 2.05) is 6.07 Å². The molecule has 0 fully saturated rings. The van der Waals surface area contributed by atoms with Crippen molar-refractivity contribution in [1.29, 1.82) is 5.26 Å². The van der Waals surface area contributed by atoms with Gasteiger partial charge < -0.3 is 0 Å². The van der Waals surface area contributed by atoms with E-state index in [1.165, 1.54) is 31.4 Å². The van der Waals surface area contributed by atoms with Crippen LogP contribution >= 0.6 is 0 Å². The van der Waals surface area contributed by atoms with Crippen LogP contribution in [0.1, 0.15) is 15.9 Å². The average molecular weight is 192 g/mol. The number of amides is 1. The van der Waals surface area contributed by atoms with Crippen LogP contribution in [0, 0.1) is 11.3 Å². The molecule has 0 saturated carbocycles. The number of nitriles is 1. The van der Waals surface area contributed by atoms with Crippen molar-refractivity contribution in [2.75, 3.05) is 7.11 Å². The second-order valence-corrected chi connectivity index (χ2v) is 2.45. The predicted octanol–water partition coefficient (Wildman–Crippen LogP) is 0.951. The van der Waals surface area contributed by atoms with Crippen molar-refractivity contribution in [2.24, 2.45) is 0 Å². The Hall–Kier alpha value is -1.90. The number of carbonyl (C=O) groups is 1. The molecule has 0 aliphatic carbocycles. The Morgan fingerprint density at radius 3 is 2.50 bits per heavy atom. The summed E-state index contributed by atoms with van der Waals surface area (Å²) in [7, 11) is 1.17. The van der Waals surface area contributed by atoms with Gasteiger partial charge >= 0.3 is 5.91 Å². The maximum Gasteiger partial charge on any atom is 0.303 e. The normalized spacial score (nSPS) is 9.21. The fraction of sp³-hybridized carbons (Fsp3) is 0.111. The zero-order valence-electron chi connectivity index (χ0n) is 7.47. The monoisotopic (exact) mass is 192 g/mol. The predicted molar refractivity (Wildman–Crippen MR) is 46.1 cm³/mol. The zero-order chi connectivity index (χ0) is 10.6. The molecule has 0 unspecified atom stereocenters. The van der Waals surface area contributed by atoms with Gasteiger partial charge in [-0.05, 0) is 24.3 Å². The minimum Gasteiger partial charge on any atom is -0.264 e. The Balaban J connectivity index is 2.88.